The zero-order valence-electron chi connectivity index (χ0n) is 17.0. The van der Waals surface area contributed by atoms with Crippen LogP contribution in [0.5, 0.6) is 0 Å². The summed E-state index contributed by atoms with van der Waals surface area (Å²) in [6.45, 7) is 2.14. The van der Waals surface area contributed by atoms with Crippen molar-refractivity contribution in [3.8, 4) is 0 Å². The Balaban J connectivity index is 1.49. The standard InChI is InChI=1S/C23H22N2O3S3/c1-2-28-22(27)12-17-13-30-23(24-17)31-15-21(26)25-18-10-6-7-11-20(18)29-14-19(25)16-8-4-3-5-9-16/h3-11,13,19H,2,12,14-15H2,1H3. The van der Waals surface area contributed by atoms with Crippen molar-refractivity contribution in [3.63, 3.8) is 0 Å². The Morgan fingerprint density at radius 3 is 2.74 bits per heavy atom. The average molecular weight is 471 g/mol. The maximum atomic E-state index is 13.4. The molecule has 1 aliphatic rings. The molecule has 1 amide bonds. The van der Waals surface area contributed by atoms with Gasteiger partial charge < -0.3 is 9.64 Å². The first-order valence-electron chi connectivity index (χ1n) is 9.97. The summed E-state index contributed by atoms with van der Waals surface area (Å²) in [4.78, 5) is 32.6. The zero-order chi connectivity index (χ0) is 21.6. The summed E-state index contributed by atoms with van der Waals surface area (Å²) in [5.74, 6) is 0.870. The number of esters is 1. The van der Waals surface area contributed by atoms with Crippen LogP contribution in [0.15, 0.2) is 69.2 Å². The lowest BCUT2D eigenvalue weighted by Crippen LogP contribution is -2.39. The Labute approximate surface area is 194 Å². The fourth-order valence-corrected chi connectivity index (χ4v) is 6.28. The first-order valence-corrected chi connectivity index (χ1v) is 12.8. The van der Waals surface area contributed by atoms with Crippen LogP contribution in [-0.4, -0.2) is 35.0 Å². The quantitative estimate of drug-likeness (QED) is 0.348. The Morgan fingerprint density at radius 2 is 1.94 bits per heavy atom. The summed E-state index contributed by atoms with van der Waals surface area (Å²) in [5.41, 5.74) is 2.77. The number of thiazole rings is 1. The molecule has 0 spiro atoms. The van der Waals surface area contributed by atoms with E-state index in [9.17, 15) is 9.59 Å². The predicted molar refractivity (Wildman–Crippen MR) is 127 cm³/mol. The lowest BCUT2D eigenvalue weighted by molar-refractivity contribution is -0.142. The molecular weight excluding hydrogens is 448 g/mol. The van der Waals surface area contributed by atoms with E-state index in [1.54, 1.807) is 18.7 Å². The van der Waals surface area contributed by atoms with Gasteiger partial charge in [-0.15, -0.1) is 23.1 Å². The molecule has 0 fully saturated rings. The Kier molecular flexibility index (Phi) is 7.32. The van der Waals surface area contributed by atoms with Crippen molar-refractivity contribution in [2.45, 2.75) is 28.6 Å². The number of hydrogen-bond donors (Lipinski definition) is 0. The molecule has 160 valence electrons. The van der Waals surface area contributed by atoms with Gasteiger partial charge in [0.15, 0.2) is 4.34 Å². The van der Waals surface area contributed by atoms with Gasteiger partial charge in [0.25, 0.3) is 0 Å². The van der Waals surface area contributed by atoms with E-state index in [1.807, 2.05) is 46.7 Å². The maximum Gasteiger partial charge on any atom is 0.311 e. The number of anilines is 1. The minimum atomic E-state index is -0.284. The monoisotopic (exact) mass is 470 g/mol. The number of para-hydroxylation sites is 1. The third-order valence-electron chi connectivity index (χ3n) is 4.77. The van der Waals surface area contributed by atoms with Crippen molar-refractivity contribution in [1.82, 2.24) is 4.98 Å². The maximum absolute atomic E-state index is 13.4. The molecule has 1 atom stereocenters. The van der Waals surface area contributed by atoms with Gasteiger partial charge in [-0.25, -0.2) is 4.98 Å². The number of nitrogens with zero attached hydrogens (tertiary/aromatic N) is 2. The number of thioether (sulfide) groups is 2. The van der Waals surface area contributed by atoms with Gasteiger partial charge in [0.05, 0.1) is 36.2 Å². The van der Waals surface area contributed by atoms with E-state index in [4.69, 9.17) is 4.74 Å². The summed E-state index contributed by atoms with van der Waals surface area (Å²) in [6, 6.07) is 18.2. The summed E-state index contributed by atoms with van der Waals surface area (Å²) in [5, 5.41) is 1.85. The van der Waals surface area contributed by atoms with Crippen LogP contribution in [0.2, 0.25) is 0 Å². The van der Waals surface area contributed by atoms with Crippen LogP contribution in [0.25, 0.3) is 0 Å². The van der Waals surface area contributed by atoms with Gasteiger partial charge in [-0.3, -0.25) is 9.59 Å². The van der Waals surface area contributed by atoms with Crippen LogP contribution >= 0.6 is 34.9 Å². The first kappa shape index (κ1) is 21.9. The van der Waals surface area contributed by atoms with Crippen LogP contribution in [0.4, 0.5) is 5.69 Å². The van der Waals surface area contributed by atoms with Crippen molar-refractivity contribution >= 4 is 52.4 Å². The van der Waals surface area contributed by atoms with Gasteiger partial charge in [0.2, 0.25) is 5.91 Å². The second kappa shape index (κ2) is 10.3. The molecule has 2 heterocycles. The average Bonchev–Trinajstić information content (AvgIpc) is 3.24. The molecule has 1 aromatic heterocycles. The number of aromatic nitrogens is 1. The van der Waals surface area contributed by atoms with Gasteiger partial charge in [-0.05, 0) is 24.6 Å². The van der Waals surface area contributed by atoms with Crippen molar-refractivity contribution < 1.29 is 14.3 Å². The van der Waals surface area contributed by atoms with Crippen LogP contribution in [0.1, 0.15) is 24.2 Å². The molecule has 0 radical (unpaired) electrons. The highest BCUT2D eigenvalue weighted by Crippen LogP contribution is 2.43. The van der Waals surface area contributed by atoms with Crippen LogP contribution < -0.4 is 4.90 Å². The lowest BCUT2D eigenvalue weighted by atomic mass is 10.1. The fraction of sp³-hybridized carbons (Fsp3) is 0.261. The molecule has 8 heteroatoms. The predicted octanol–water partition coefficient (Wildman–Crippen LogP) is 5.22. The van der Waals surface area contributed by atoms with E-state index in [-0.39, 0.29) is 30.1 Å². The summed E-state index contributed by atoms with van der Waals surface area (Å²) < 4.78 is 5.76. The zero-order valence-corrected chi connectivity index (χ0v) is 19.5. The Bertz CT molecular complexity index is 1050. The number of ether oxygens (including phenoxy) is 1. The van der Waals surface area contributed by atoms with Gasteiger partial charge in [-0.2, -0.15) is 0 Å². The molecule has 0 aliphatic carbocycles. The van der Waals surface area contributed by atoms with E-state index >= 15 is 0 Å². The molecule has 3 aromatic rings. The molecule has 0 N–H and O–H groups in total. The van der Waals surface area contributed by atoms with E-state index in [1.165, 1.54) is 23.1 Å². The van der Waals surface area contributed by atoms with E-state index in [0.717, 1.165) is 26.2 Å². The van der Waals surface area contributed by atoms with Crippen molar-refractivity contribution in [2.75, 3.05) is 23.0 Å². The molecule has 0 bridgehead atoms. The smallest absolute Gasteiger partial charge is 0.311 e. The highest BCUT2D eigenvalue weighted by Gasteiger charge is 2.32. The molecule has 1 aliphatic heterocycles. The van der Waals surface area contributed by atoms with Crippen molar-refractivity contribution in [2.24, 2.45) is 0 Å². The molecule has 31 heavy (non-hydrogen) atoms. The topological polar surface area (TPSA) is 59.5 Å². The third-order valence-corrected chi connectivity index (χ3v) is 7.96. The van der Waals surface area contributed by atoms with Gasteiger partial charge >= 0.3 is 5.97 Å². The fourth-order valence-electron chi connectivity index (χ4n) is 3.41. The molecule has 4 rings (SSSR count). The highest BCUT2D eigenvalue weighted by atomic mass is 32.2. The Morgan fingerprint density at radius 1 is 1.16 bits per heavy atom. The largest absolute Gasteiger partial charge is 0.466 e. The number of carbonyl (C=O) groups excluding carboxylic acids is 2. The third kappa shape index (κ3) is 5.31. The van der Waals surface area contributed by atoms with Crippen molar-refractivity contribution in [1.29, 1.82) is 0 Å². The second-order valence-corrected chi connectivity index (χ2v) is 9.99. The molecule has 0 saturated heterocycles. The van der Waals surface area contributed by atoms with E-state index < -0.39 is 0 Å². The summed E-state index contributed by atoms with van der Waals surface area (Å²) in [6.07, 6.45) is 0.158. The number of rotatable bonds is 7. The van der Waals surface area contributed by atoms with E-state index in [0.29, 0.717) is 12.3 Å². The van der Waals surface area contributed by atoms with Crippen LogP contribution in [0, 0.1) is 0 Å². The van der Waals surface area contributed by atoms with Crippen molar-refractivity contribution in [3.05, 3.63) is 71.2 Å². The number of fused-ring (bicyclic) bond motifs is 1. The summed E-state index contributed by atoms with van der Waals surface area (Å²) in [7, 11) is 0. The van der Waals surface area contributed by atoms with Gasteiger partial charge in [-0.1, -0.05) is 54.2 Å². The Hall–Kier alpha value is -2.29. The minimum absolute atomic E-state index is 0.00938. The van der Waals surface area contributed by atoms with Crippen LogP contribution in [0.3, 0.4) is 0 Å². The SMILES string of the molecule is CCOC(=O)Cc1csc(SCC(=O)N2c3ccccc3SCC2c2ccccc2)n1. The number of amides is 1. The molecule has 0 saturated carbocycles. The molecule has 5 nitrogen and oxygen atoms in total. The number of benzene rings is 2. The highest BCUT2D eigenvalue weighted by molar-refractivity contribution is 8.01. The molecule has 1 unspecified atom stereocenters. The number of carbonyl (C=O) groups is 2. The van der Waals surface area contributed by atoms with Gasteiger partial charge in [0, 0.05) is 16.0 Å². The van der Waals surface area contributed by atoms with E-state index in [2.05, 4.69) is 23.2 Å². The summed E-state index contributed by atoms with van der Waals surface area (Å²) >= 11 is 4.65. The first-order chi connectivity index (χ1) is 15.2. The molecule has 2 aromatic carbocycles. The minimum Gasteiger partial charge on any atom is -0.466 e. The number of hydrogen-bond acceptors (Lipinski definition) is 7. The second-order valence-electron chi connectivity index (χ2n) is 6.84. The molecular formula is C23H22N2O3S3. The van der Waals surface area contributed by atoms with Crippen LogP contribution in [-0.2, 0) is 20.7 Å². The normalized spacial score (nSPS) is 15.4. The lowest BCUT2D eigenvalue weighted by Gasteiger charge is -2.37. The van der Waals surface area contributed by atoms with Gasteiger partial charge in [0.1, 0.15) is 0 Å².